The number of rotatable bonds is 7. The van der Waals surface area contributed by atoms with E-state index in [-0.39, 0.29) is 10.8 Å². The third-order valence-corrected chi connectivity index (χ3v) is 5.35. The first-order valence-electron chi connectivity index (χ1n) is 8.28. The SMILES string of the molecule is CNS(=O)(=O)c1ccc(/C=C/C(=O)NCCc2nnc3ccccn23)cc1. The van der Waals surface area contributed by atoms with Crippen LogP contribution >= 0.6 is 0 Å². The summed E-state index contributed by atoms with van der Waals surface area (Å²) in [7, 11) is -2.10. The number of fused-ring (bicyclic) bond motifs is 1. The second kappa shape index (κ2) is 8.11. The summed E-state index contributed by atoms with van der Waals surface area (Å²) in [6.07, 6.45) is 5.47. The Hall–Kier alpha value is -3.04. The third kappa shape index (κ3) is 4.57. The van der Waals surface area contributed by atoms with Crippen LogP contribution in [0.2, 0.25) is 0 Å². The summed E-state index contributed by atoms with van der Waals surface area (Å²) in [5.41, 5.74) is 1.49. The van der Waals surface area contributed by atoms with E-state index in [1.54, 1.807) is 18.2 Å². The summed E-state index contributed by atoms with van der Waals surface area (Å²) in [6, 6.07) is 11.9. The molecular formula is C18H19N5O3S. The van der Waals surface area contributed by atoms with Crippen molar-refractivity contribution in [2.75, 3.05) is 13.6 Å². The van der Waals surface area contributed by atoms with Crippen molar-refractivity contribution < 1.29 is 13.2 Å². The molecule has 1 amide bonds. The van der Waals surface area contributed by atoms with Gasteiger partial charge in [-0.2, -0.15) is 0 Å². The number of amides is 1. The second-order valence-electron chi connectivity index (χ2n) is 5.70. The Kier molecular flexibility index (Phi) is 5.63. The molecule has 0 saturated carbocycles. The number of pyridine rings is 1. The monoisotopic (exact) mass is 385 g/mol. The minimum absolute atomic E-state index is 0.173. The van der Waals surface area contributed by atoms with E-state index >= 15 is 0 Å². The number of carbonyl (C=O) groups excluding carboxylic acids is 1. The van der Waals surface area contributed by atoms with E-state index < -0.39 is 10.0 Å². The fourth-order valence-corrected chi connectivity index (χ4v) is 3.20. The first-order chi connectivity index (χ1) is 13.0. The lowest BCUT2D eigenvalue weighted by atomic mass is 10.2. The van der Waals surface area contributed by atoms with Crippen molar-refractivity contribution in [3.05, 3.63) is 66.1 Å². The Morgan fingerprint density at radius 2 is 1.93 bits per heavy atom. The molecule has 0 aliphatic rings. The molecule has 0 radical (unpaired) electrons. The van der Waals surface area contributed by atoms with Gasteiger partial charge in [0.1, 0.15) is 5.82 Å². The lowest BCUT2D eigenvalue weighted by Gasteiger charge is -2.03. The van der Waals surface area contributed by atoms with Crippen LogP contribution in [0.1, 0.15) is 11.4 Å². The minimum atomic E-state index is -3.46. The second-order valence-corrected chi connectivity index (χ2v) is 7.58. The van der Waals surface area contributed by atoms with Crippen molar-refractivity contribution in [2.45, 2.75) is 11.3 Å². The van der Waals surface area contributed by atoms with Crippen LogP contribution in [0.15, 0.2) is 59.6 Å². The van der Waals surface area contributed by atoms with Gasteiger partial charge in [-0.15, -0.1) is 10.2 Å². The molecule has 2 heterocycles. The van der Waals surface area contributed by atoms with Gasteiger partial charge in [0.15, 0.2) is 5.65 Å². The van der Waals surface area contributed by atoms with Crippen LogP contribution in [0.5, 0.6) is 0 Å². The zero-order valence-electron chi connectivity index (χ0n) is 14.7. The Balaban J connectivity index is 1.53. The number of benzene rings is 1. The predicted octanol–water partition coefficient (Wildman–Crippen LogP) is 1.01. The number of carbonyl (C=O) groups is 1. The fourth-order valence-electron chi connectivity index (χ4n) is 2.47. The largest absolute Gasteiger partial charge is 0.352 e. The smallest absolute Gasteiger partial charge is 0.244 e. The molecule has 0 aliphatic heterocycles. The molecule has 2 N–H and O–H groups in total. The van der Waals surface area contributed by atoms with E-state index in [4.69, 9.17) is 0 Å². The maximum absolute atomic E-state index is 11.9. The lowest BCUT2D eigenvalue weighted by Crippen LogP contribution is -2.24. The summed E-state index contributed by atoms with van der Waals surface area (Å²) in [5, 5.41) is 11.0. The number of sulfonamides is 1. The summed E-state index contributed by atoms with van der Waals surface area (Å²) < 4.78 is 27.5. The van der Waals surface area contributed by atoms with Gasteiger partial charge in [-0.1, -0.05) is 18.2 Å². The van der Waals surface area contributed by atoms with Crippen LogP contribution in [0, 0.1) is 0 Å². The van der Waals surface area contributed by atoms with E-state index in [1.165, 1.54) is 25.3 Å². The molecule has 0 aliphatic carbocycles. The molecule has 0 unspecified atom stereocenters. The molecule has 2 aromatic heterocycles. The van der Waals surface area contributed by atoms with E-state index in [2.05, 4.69) is 20.2 Å². The summed E-state index contributed by atoms with van der Waals surface area (Å²) in [4.78, 5) is 12.1. The number of aromatic nitrogens is 3. The van der Waals surface area contributed by atoms with Gasteiger partial charge >= 0.3 is 0 Å². The van der Waals surface area contributed by atoms with Gasteiger partial charge < -0.3 is 5.32 Å². The first-order valence-corrected chi connectivity index (χ1v) is 9.76. The maximum Gasteiger partial charge on any atom is 0.244 e. The van der Waals surface area contributed by atoms with Crippen molar-refractivity contribution >= 4 is 27.7 Å². The minimum Gasteiger partial charge on any atom is -0.352 e. The molecular weight excluding hydrogens is 366 g/mol. The standard InChI is InChI=1S/C18H19N5O3S/c1-19-27(25,26)15-8-5-14(6-9-15)7-10-18(24)20-12-11-17-22-21-16-4-2-3-13-23(16)17/h2-10,13,19H,11-12H2,1H3,(H,20,24)/b10-7+. The molecule has 3 aromatic rings. The van der Waals surface area contributed by atoms with Gasteiger partial charge in [-0.05, 0) is 43.0 Å². The quantitative estimate of drug-likeness (QED) is 0.591. The van der Waals surface area contributed by atoms with Gasteiger partial charge in [0, 0.05) is 25.2 Å². The van der Waals surface area contributed by atoms with E-state index in [0.717, 1.165) is 17.0 Å². The van der Waals surface area contributed by atoms with Crippen molar-refractivity contribution in [3.63, 3.8) is 0 Å². The van der Waals surface area contributed by atoms with Gasteiger partial charge in [0.25, 0.3) is 0 Å². The summed E-state index contributed by atoms with van der Waals surface area (Å²) >= 11 is 0. The van der Waals surface area contributed by atoms with Crippen LogP contribution in [-0.2, 0) is 21.2 Å². The van der Waals surface area contributed by atoms with Crippen molar-refractivity contribution in [1.82, 2.24) is 24.6 Å². The van der Waals surface area contributed by atoms with E-state index in [9.17, 15) is 13.2 Å². The third-order valence-electron chi connectivity index (χ3n) is 3.92. The molecule has 0 atom stereocenters. The van der Waals surface area contributed by atoms with Crippen LogP contribution in [-0.4, -0.2) is 42.5 Å². The van der Waals surface area contributed by atoms with Crippen molar-refractivity contribution in [3.8, 4) is 0 Å². The number of hydrogen-bond donors (Lipinski definition) is 2. The zero-order chi connectivity index (χ0) is 19.3. The Labute approximate surface area is 157 Å². The molecule has 0 spiro atoms. The Bertz CT molecular complexity index is 1070. The highest BCUT2D eigenvalue weighted by atomic mass is 32.2. The Morgan fingerprint density at radius 1 is 1.15 bits per heavy atom. The summed E-state index contributed by atoms with van der Waals surface area (Å²) in [5.74, 6) is 0.534. The molecule has 0 fully saturated rings. The number of nitrogens with zero attached hydrogens (tertiary/aromatic N) is 3. The van der Waals surface area contributed by atoms with Gasteiger partial charge in [0.05, 0.1) is 4.90 Å². The predicted molar refractivity (Wildman–Crippen MR) is 101 cm³/mol. The van der Waals surface area contributed by atoms with Crippen molar-refractivity contribution in [1.29, 1.82) is 0 Å². The zero-order valence-corrected chi connectivity index (χ0v) is 15.5. The van der Waals surface area contributed by atoms with Crippen LogP contribution < -0.4 is 10.0 Å². The van der Waals surface area contributed by atoms with Gasteiger partial charge in [-0.3, -0.25) is 9.20 Å². The highest BCUT2D eigenvalue weighted by molar-refractivity contribution is 7.89. The normalized spacial score (nSPS) is 11.9. The van der Waals surface area contributed by atoms with Crippen molar-refractivity contribution in [2.24, 2.45) is 0 Å². The molecule has 27 heavy (non-hydrogen) atoms. The fraction of sp³-hybridized carbons (Fsp3) is 0.167. The number of hydrogen-bond acceptors (Lipinski definition) is 5. The topological polar surface area (TPSA) is 105 Å². The molecule has 9 heteroatoms. The highest BCUT2D eigenvalue weighted by Gasteiger charge is 2.10. The average Bonchev–Trinajstić information content (AvgIpc) is 3.10. The molecule has 1 aromatic carbocycles. The highest BCUT2D eigenvalue weighted by Crippen LogP contribution is 2.11. The van der Waals surface area contributed by atoms with Crippen LogP contribution in [0.4, 0.5) is 0 Å². The van der Waals surface area contributed by atoms with Gasteiger partial charge in [0.2, 0.25) is 15.9 Å². The molecule has 0 bridgehead atoms. The molecule has 0 saturated heterocycles. The van der Waals surface area contributed by atoms with Gasteiger partial charge in [-0.25, -0.2) is 13.1 Å². The van der Waals surface area contributed by atoms with E-state index in [0.29, 0.717) is 13.0 Å². The molecule has 8 nitrogen and oxygen atoms in total. The lowest BCUT2D eigenvalue weighted by molar-refractivity contribution is -0.116. The van der Waals surface area contributed by atoms with Crippen LogP contribution in [0.3, 0.4) is 0 Å². The molecule has 3 rings (SSSR count). The Morgan fingerprint density at radius 3 is 2.67 bits per heavy atom. The number of nitrogens with one attached hydrogen (secondary N) is 2. The molecule has 140 valence electrons. The summed E-state index contributed by atoms with van der Waals surface area (Å²) in [6.45, 7) is 0.429. The van der Waals surface area contributed by atoms with Crippen LogP contribution in [0.25, 0.3) is 11.7 Å². The average molecular weight is 385 g/mol. The van der Waals surface area contributed by atoms with E-state index in [1.807, 2.05) is 28.8 Å². The maximum atomic E-state index is 11.9. The first kappa shape index (κ1) is 18.7.